The average Bonchev–Trinajstić information content (AvgIpc) is 3.46. The number of aromatic nitrogens is 1. The second kappa shape index (κ2) is 9.35. The molecule has 1 aromatic heterocycles. The number of phenols is 1. The first kappa shape index (κ1) is 28.8. The van der Waals surface area contributed by atoms with Gasteiger partial charge in [-0.05, 0) is 48.9 Å². The fourth-order valence-electron chi connectivity index (χ4n) is 8.39. The Morgan fingerprint density at radius 1 is 1.02 bits per heavy atom. The minimum absolute atomic E-state index is 0.0108. The van der Waals surface area contributed by atoms with E-state index < -0.39 is 56.8 Å². The second-order valence-corrected chi connectivity index (χ2v) is 13.2. The van der Waals surface area contributed by atoms with Gasteiger partial charge in [0, 0.05) is 40.0 Å². The minimum Gasteiger partial charge on any atom is -0.511 e. The van der Waals surface area contributed by atoms with Crippen molar-refractivity contribution in [3.63, 3.8) is 0 Å². The maximum absolute atomic E-state index is 14.3. The molecule has 43 heavy (non-hydrogen) atoms. The van der Waals surface area contributed by atoms with Crippen LogP contribution in [0, 0.1) is 22.7 Å². The summed E-state index contributed by atoms with van der Waals surface area (Å²) in [6, 6.07) is 7.00. The van der Waals surface area contributed by atoms with E-state index in [9.17, 15) is 34.8 Å². The van der Waals surface area contributed by atoms with Crippen molar-refractivity contribution in [3.05, 3.63) is 94.3 Å². The van der Waals surface area contributed by atoms with Gasteiger partial charge in [0.1, 0.15) is 22.8 Å². The highest BCUT2D eigenvalue weighted by atomic mass is 16.3. The van der Waals surface area contributed by atoms with E-state index in [0.717, 1.165) is 18.2 Å². The molecule has 222 valence electrons. The second-order valence-electron chi connectivity index (χ2n) is 13.2. The monoisotopic (exact) mass is 581 g/mol. The highest BCUT2D eigenvalue weighted by molar-refractivity contribution is 6.25. The molecule has 0 spiro atoms. The van der Waals surface area contributed by atoms with Crippen molar-refractivity contribution >= 4 is 17.3 Å². The molecule has 0 bridgehead atoms. The number of nitrogens with zero attached hydrogens (tertiary/aromatic N) is 1. The third-order valence-electron chi connectivity index (χ3n) is 10.1. The Morgan fingerprint density at radius 3 is 2.28 bits per heavy atom. The van der Waals surface area contributed by atoms with E-state index in [2.05, 4.69) is 4.98 Å². The van der Waals surface area contributed by atoms with Gasteiger partial charge < -0.3 is 20.4 Å². The summed E-state index contributed by atoms with van der Waals surface area (Å²) in [6.45, 7) is 8.16. The molecule has 4 N–H and O–H groups in total. The molecule has 0 fully saturated rings. The van der Waals surface area contributed by atoms with Gasteiger partial charge >= 0.3 is 0 Å². The normalized spacial score (nSPS) is 30.2. The van der Waals surface area contributed by atoms with Crippen molar-refractivity contribution in [1.82, 2.24) is 4.98 Å². The molecule has 0 aliphatic heterocycles. The SMILES string of the molecule is CC(=O)C1=C(O)C(C(C)C)[C@@]2(C)C[C@@]3(C)Cc4c(-c5ccc(C6C=CC=C6)nc5)ccc(O)c4C(=O)C3=C(O)[C@@]2(O)C1=O. The first-order chi connectivity index (χ1) is 20.2. The van der Waals surface area contributed by atoms with E-state index in [4.69, 9.17) is 0 Å². The molecule has 8 nitrogen and oxygen atoms in total. The van der Waals surface area contributed by atoms with Crippen LogP contribution in [-0.4, -0.2) is 48.4 Å². The molecule has 0 radical (unpaired) electrons. The van der Waals surface area contributed by atoms with Crippen LogP contribution < -0.4 is 0 Å². The van der Waals surface area contributed by atoms with Crippen LogP contribution in [0.15, 0.2) is 77.4 Å². The number of allylic oxidation sites excluding steroid dienone is 6. The number of carbonyl (C=O) groups is 3. The minimum atomic E-state index is -2.63. The third kappa shape index (κ3) is 3.72. The van der Waals surface area contributed by atoms with E-state index in [0.29, 0.717) is 11.1 Å². The van der Waals surface area contributed by atoms with Gasteiger partial charge in [0.15, 0.2) is 17.2 Å². The third-order valence-corrected chi connectivity index (χ3v) is 10.1. The van der Waals surface area contributed by atoms with Crippen LogP contribution in [0.25, 0.3) is 11.1 Å². The molecule has 0 saturated carbocycles. The zero-order valence-electron chi connectivity index (χ0n) is 24.8. The number of aliphatic hydroxyl groups is 3. The number of benzene rings is 1. The summed E-state index contributed by atoms with van der Waals surface area (Å²) in [4.78, 5) is 45.3. The number of pyridine rings is 1. The van der Waals surface area contributed by atoms with E-state index >= 15 is 0 Å². The summed E-state index contributed by atoms with van der Waals surface area (Å²) >= 11 is 0. The van der Waals surface area contributed by atoms with Gasteiger partial charge in [0.05, 0.1) is 11.3 Å². The first-order valence-electron chi connectivity index (χ1n) is 14.5. The van der Waals surface area contributed by atoms with Crippen molar-refractivity contribution in [2.75, 3.05) is 0 Å². The molecule has 2 aromatic rings. The van der Waals surface area contributed by atoms with Crippen molar-refractivity contribution in [2.24, 2.45) is 22.7 Å². The molecule has 4 aliphatic carbocycles. The highest BCUT2D eigenvalue weighted by Gasteiger charge is 2.71. The number of ketones is 3. The lowest BCUT2D eigenvalue weighted by Gasteiger charge is -2.59. The van der Waals surface area contributed by atoms with Gasteiger partial charge in [0.25, 0.3) is 0 Å². The summed E-state index contributed by atoms with van der Waals surface area (Å²) in [6.07, 6.45) is 9.99. The zero-order valence-corrected chi connectivity index (χ0v) is 24.8. The van der Waals surface area contributed by atoms with Crippen molar-refractivity contribution in [3.8, 4) is 16.9 Å². The maximum Gasteiger partial charge on any atom is 0.209 e. The molecule has 4 atom stereocenters. The number of aromatic hydroxyl groups is 1. The molecular weight excluding hydrogens is 546 g/mol. The van der Waals surface area contributed by atoms with Crippen molar-refractivity contribution in [1.29, 1.82) is 0 Å². The lowest BCUT2D eigenvalue weighted by molar-refractivity contribution is -0.171. The summed E-state index contributed by atoms with van der Waals surface area (Å²) in [5.74, 6) is -5.19. The number of phenolic OH excluding ortho intramolecular Hbond substituents is 1. The summed E-state index contributed by atoms with van der Waals surface area (Å²) in [5, 5.41) is 46.2. The molecule has 1 heterocycles. The molecular formula is C35H35NO7. The van der Waals surface area contributed by atoms with Crippen LogP contribution in [0.5, 0.6) is 5.75 Å². The van der Waals surface area contributed by atoms with Crippen LogP contribution in [0.4, 0.5) is 0 Å². The predicted octanol–water partition coefficient (Wildman–Crippen LogP) is 5.62. The standard InChI is InChI=1S/C35H35NO7/c1-17(2)27-29(39)25(18(3)37)31(41)35(43)32(42)28-30(40)26-22(14-33(28,4)16-34(27,35)5)21(11-13-24(26)38)20-10-12-23(36-15-20)19-8-6-7-9-19/h6-13,15,17,19,27,38-39,42-43H,14,16H2,1-5H3/t27?,33-,34-,35+/m1/s1. The number of aliphatic hydroxyl groups excluding tert-OH is 2. The summed E-state index contributed by atoms with van der Waals surface area (Å²) in [5.41, 5.74) is -3.04. The molecule has 0 amide bonds. The van der Waals surface area contributed by atoms with Crippen molar-refractivity contribution in [2.45, 2.75) is 59.0 Å². The van der Waals surface area contributed by atoms with Gasteiger partial charge in [0.2, 0.25) is 5.78 Å². The summed E-state index contributed by atoms with van der Waals surface area (Å²) in [7, 11) is 0. The topological polar surface area (TPSA) is 145 Å². The molecule has 1 aromatic carbocycles. The van der Waals surface area contributed by atoms with E-state index in [-0.39, 0.29) is 41.6 Å². The fraction of sp³-hybridized carbons (Fsp3) is 0.371. The first-order valence-corrected chi connectivity index (χ1v) is 14.5. The molecule has 1 unspecified atom stereocenters. The quantitative estimate of drug-likeness (QED) is 0.341. The Balaban J connectivity index is 1.55. The Labute approximate surface area is 249 Å². The van der Waals surface area contributed by atoms with Gasteiger partial charge in [-0.3, -0.25) is 19.4 Å². The van der Waals surface area contributed by atoms with E-state index in [1.807, 2.05) is 50.3 Å². The maximum atomic E-state index is 14.3. The molecule has 6 rings (SSSR count). The highest BCUT2D eigenvalue weighted by Crippen LogP contribution is 2.65. The molecule has 0 saturated heterocycles. The number of Topliss-reactive ketones (excluding diaryl/α,β-unsaturated/α-hetero) is 3. The number of hydrogen-bond acceptors (Lipinski definition) is 8. The van der Waals surface area contributed by atoms with Crippen LogP contribution in [0.3, 0.4) is 0 Å². The van der Waals surface area contributed by atoms with E-state index in [1.165, 1.54) is 6.07 Å². The zero-order chi connectivity index (χ0) is 31.2. The Bertz CT molecular complexity index is 1730. The number of carbonyl (C=O) groups excluding carboxylic acids is 3. The Hall–Kier alpha value is -4.30. The lowest BCUT2D eigenvalue weighted by atomic mass is 9.44. The smallest absolute Gasteiger partial charge is 0.209 e. The number of fused-ring (bicyclic) bond motifs is 3. The van der Waals surface area contributed by atoms with Crippen LogP contribution in [0.1, 0.15) is 68.6 Å². The van der Waals surface area contributed by atoms with Gasteiger partial charge in [-0.15, -0.1) is 0 Å². The Kier molecular flexibility index (Phi) is 6.26. The van der Waals surface area contributed by atoms with Crippen LogP contribution >= 0.6 is 0 Å². The van der Waals surface area contributed by atoms with E-state index in [1.54, 1.807) is 26.1 Å². The van der Waals surface area contributed by atoms with Crippen LogP contribution in [-0.2, 0) is 16.0 Å². The fourth-order valence-corrected chi connectivity index (χ4v) is 8.39. The molecule has 4 aliphatic rings. The molecule has 8 heteroatoms. The average molecular weight is 582 g/mol. The Morgan fingerprint density at radius 2 is 1.70 bits per heavy atom. The predicted molar refractivity (Wildman–Crippen MR) is 159 cm³/mol. The lowest BCUT2D eigenvalue weighted by Crippen LogP contribution is -2.67. The number of hydrogen-bond donors (Lipinski definition) is 4. The summed E-state index contributed by atoms with van der Waals surface area (Å²) < 4.78 is 0. The van der Waals surface area contributed by atoms with Gasteiger partial charge in [-0.1, -0.05) is 64.1 Å². The van der Waals surface area contributed by atoms with Gasteiger partial charge in [-0.2, -0.15) is 0 Å². The number of rotatable bonds is 4. The van der Waals surface area contributed by atoms with Crippen molar-refractivity contribution < 1.29 is 34.8 Å². The largest absolute Gasteiger partial charge is 0.511 e. The van der Waals surface area contributed by atoms with Crippen LogP contribution in [0.2, 0.25) is 0 Å². The van der Waals surface area contributed by atoms with Gasteiger partial charge in [-0.25, -0.2) is 0 Å².